The van der Waals surface area contributed by atoms with Crippen molar-refractivity contribution < 1.29 is 0 Å². The zero-order valence-corrected chi connectivity index (χ0v) is 12.3. The maximum atomic E-state index is 8.65. The molecule has 0 aromatic heterocycles. The van der Waals surface area contributed by atoms with Gasteiger partial charge in [-0.25, -0.2) is 0 Å². The van der Waals surface area contributed by atoms with Crippen molar-refractivity contribution in [2.45, 2.75) is 45.4 Å². The fourth-order valence-corrected chi connectivity index (χ4v) is 3.53. The first-order valence-electron chi connectivity index (χ1n) is 7.82. The van der Waals surface area contributed by atoms with Crippen LogP contribution in [0.4, 0.5) is 0 Å². The van der Waals surface area contributed by atoms with Crippen molar-refractivity contribution in [3.05, 3.63) is 53.1 Å². The van der Waals surface area contributed by atoms with Gasteiger partial charge in [-0.1, -0.05) is 55.7 Å². The van der Waals surface area contributed by atoms with Crippen LogP contribution in [-0.4, -0.2) is 5.71 Å². The van der Waals surface area contributed by atoms with E-state index in [1.54, 1.807) is 0 Å². The zero-order chi connectivity index (χ0) is 13.9. The summed E-state index contributed by atoms with van der Waals surface area (Å²) in [6.07, 6.45) is 11.8. The number of allylic oxidation sites excluding steroid dienone is 4. The molecule has 0 bridgehead atoms. The van der Waals surface area contributed by atoms with Crippen molar-refractivity contribution in [3.8, 4) is 0 Å². The van der Waals surface area contributed by atoms with Crippen LogP contribution in [0.2, 0.25) is 0 Å². The Labute approximate surface area is 121 Å². The summed E-state index contributed by atoms with van der Waals surface area (Å²) >= 11 is 0. The highest BCUT2D eigenvalue weighted by atomic mass is 14.5. The SMILES string of the molecule is CC1=C(c2ccccc2C(=N)C2CCCCC2)CC=C1. The molecular formula is C19H23N. The average molecular weight is 265 g/mol. The fourth-order valence-electron chi connectivity index (χ4n) is 3.53. The van der Waals surface area contributed by atoms with E-state index in [9.17, 15) is 0 Å². The summed E-state index contributed by atoms with van der Waals surface area (Å²) in [5, 5.41) is 8.65. The minimum absolute atomic E-state index is 0.472. The lowest BCUT2D eigenvalue weighted by Crippen LogP contribution is -2.19. The highest BCUT2D eigenvalue weighted by Crippen LogP contribution is 2.34. The normalized spacial score (nSPS) is 19.6. The van der Waals surface area contributed by atoms with E-state index in [1.165, 1.54) is 48.8 Å². The van der Waals surface area contributed by atoms with Crippen LogP contribution in [0.3, 0.4) is 0 Å². The fraction of sp³-hybridized carbons (Fsp3) is 0.421. The lowest BCUT2D eigenvalue weighted by molar-refractivity contribution is 0.438. The van der Waals surface area contributed by atoms with Crippen molar-refractivity contribution in [1.29, 1.82) is 5.41 Å². The molecule has 3 rings (SSSR count). The van der Waals surface area contributed by atoms with Gasteiger partial charge < -0.3 is 5.41 Å². The molecular weight excluding hydrogens is 242 g/mol. The number of hydrogen-bond donors (Lipinski definition) is 1. The summed E-state index contributed by atoms with van der Waals surface area (Å²) < 4.78 is 0. The lowest BCUT2D eigenvalue weighted by atomic mass is 9.81. The second-order valence-electron chi connectivity index (χ2n) is 6.06. The van der Waals surface area contributed by atoms with Crippen molar-refractivity contribution >= 4 is 11.3 Å². The highest BCUT2D eigenvalue weighted by molar-refractivity contribution is 6.04. The maximum absolute atomic E-state index is 8.65. The Hall–Kier alpha value is -1.63. The predicted molar refractivity (Wildman–Crippen MR) is 86.2 cm³/mol. The Morgan fingerprint density at radius 1 is 1.10 bits per heavy atom. The molecule has 20 heavy (non-hydrogen) atoms. The molecule has 104 valence electrons. The molecule has 0 atom stereocenters. The minimum atomic E-state index is 0.472. The molecule has 1 heteroatoms. The zero-order valence-electron chi connectivity index (χ0n) is 12.3. The van der Waals surface area contributed by atoms with Crippen LogP contribution in [0.25, 0.3) is 5.57 Å². The third-order valence-electron chi connectivity index (χ3n) is 4.72. The van der Waals surface area contributed by atoms with Crippen molar-refractivity contribution in [2.24, 2.45) is 5.92 Å². The first-order valence-corrected chi connectivity index (χ1v) is 7.82. The molecule has 1 fully saturated rings. The van der Waals surface area contributed by atoms with Crippen molar-refractivity contribution in [1.82, 2.24) is 0 Å². The largest absolute Gasteiger partial charge is 0.304 e. The predicted octanol–water partition coefficient (Wildman–Crippen LogP) is 5.37. The van der Waals surface area contributed by atoms with E-state index in [0.29, 0.717) is 5.92 Å². The summed E-state index contributed by atoms with van der Waals surface area (Å²) in [5.41, 5.74) is 6.07. The first-order chi connectivity index (χ1) is 9.77. The smallest absolute Gasteiger partial charge is 0.0423 e. The van der Waals surface area contributed by atoms with Gasteiger partial charge in [0.25, 0.3) is 0 Å². The van der Waals surface area contributed by atoms with Crippen LogP contribution >= 0.6 is 0 Å². The van der Waals surface area contributed by atoms with E-state index in [4.69, 9.17) is 5.41 Å². The van der Waals surface area contributed by atoms with Gasteiger partial charge in [-0.05, 0) is 42.9 Å². The number of nitrogens with one attached hydrogen (secondary N) is 1. The molecule has 1 N–H and O–H groups in total. The first kappa shape index (κ1) is 13.4. The molecule has 0 aliphatic heterocycles. The Bertz CT molecular complexity index is 571. The third kappa shape index (κ3) is 2.49. The Balaban J connectivity index is 1.94. The summed E-state index contributed by atoms with van der Waals surface area (Å²) in [4.78, 5) is 0. The Morgan fingerprint density at radius 2 is 1.85 bits per heavy atom. The van der Waals surface area contributed by atoms with Crippen LogP contribution in [-0.2, 0) is 0 Å². The molecule has 0 heterocycles. The van der Waals surface area contributed by atoms with Gasteiger partial charge in [-0.3, -0.25) is 0 Å². The summed E-state index contributed by atoms with van der Waals surface area (Å²) in [5.74, 6) is 0.472. The standard InChI is InChI=1S/C19H23N/c1-14-8-7-13-16(14)17-11-5-6-12-18(17)19(20)15-9-3-2-4-10-15/h5-8,11-12,15,20H,2-4,9-10,13H2,1H3. The van der Waals surface area contributed by atoms with Crippen LogP contribution < -0.4 is 0 Å². The molecule has 0 amide bonds. The van der Waals surface area contributed by atoms with E-state index < -0.39 is 0 Å². The average Bonchev–Trinajstić information content (AvgIpc) is 2.93. The molecule has 1 aromatic rings. The van der Waals surface area contributed by atoms with E-state index in [-0.39, 0.29) is 0 Å². The molecule has 1 aromatic carbocycles. The van der Waals surface area contributed by atoms with Crippen LogP contribution in [0.5, 0.6) is 0 Å². The lowest BCUT2D eigenvalue weighted by Gasteiger charge is -2.24. The van der Waals surface area contributed by atoms with Crippen LogP contribution in [0.15, 0.2) is 42.0 Å². The molecule has 0 spiro atoms. The number of hydrogen-bond acceptors (Lipinski definition) is 1. The Morgan fingerprint density at radius 3 is 2.55 bits per heavy atom. The van der Waals surface area contributed by atoms with Crippen LogP contribution in [0, 0.1) is 11.3 Å². The summed E-state index contributed by atoms with van der Waals surface area (Å²) in [6.45, 7) is 2.18. The third-order valence-corrected chi connectivity index (χ3v) is 4.72. The molecule has 0 radical (unpaired) electrons. The second kappa shape index (κ2) is 5.78. The molecule has 0 saturated heterocycles. The van der Waals surface area contributed by atoms with E-state index in [2.05, 4.69) is 43.3 Å². The van der Waals surface area contributed by atoms with Gasteiger partial charge in [-0.2, -0.15) is 0 Å². The molecule has 1 nitrogen and oxygen atoms in total. The van der Waals surface area contributed by atoms with Gasteiger partial charge in [-0.15, -0.1) is 0 Å². The van der Waals surface area contributed by atoms with Gasteiger partial charge in [0.2, 0.25) is 0 Å². The van der Waals surface area contributed by atoms with Gasteiger partial charge in [0.05, 0.1) is 0 Å². The van der Waals surface area contributed by atoms with Crippen molar-refractivity contribution in [2.75, 3.05) is 0 Å². The number of benzene rings is 1. The monoisotopic (exact) mass is 265 g/mol. The van der Waals surface area contributed by atoms with Gasteiger partial charge in [0.1, 0.15) is 0 Å². The molecule has 0 unspecified atom stereocenters. The number of rotatable bonds is 3. The summed E-state index contributed by atoms with van der Waals surface area (Å²) in [7, 11) is 0. The van der Waals surface area contributed by atoms with Crippen molar-refractivity contribution in [3.63, 3.8) is 0 Å². The Kier molecular flexibility index (Phi) is 3.86. The minimum Gasteiger partial charge on any atom is -0.304 e. The molecule has 2 aliphatic carbocycles. The van der Waals surface area contributed by atoms with Gasteiger partial charge in [0, 0.05) is 17.2 Å². The molecule has 1 saturated carbocycles. The highest BCUT2D eigenvalue weighted by Gasteiger charge is 2.22. The van der Waals surface area contributed by atoms with E-state index in [0.717, 1.165) is 17.7 Å². The van der Waals surface area contributed by atoms with E-state index >= 15 is 0 Å². The quantitative estimate of drug-likeness (QED) is 0.711. The maximum Gasteiger partial charge on any atom is 0.0423 e. The van der Waals surface area contributed by atoms with Crippen LogP contribution in [0.1, 0.15) is 56.6 Å². The summed E-state index contributed by atoms with van der Waals surface area (Å²) in [6, 6.07) is 8.52. The molecule has 2 aliphatic rings. The van der Waals surface area contributed by atoms with Gasteiger partial charge >= 0.3 is 0 Å². The topological polar surface area (TPSA) is 23.9 Å². The van der Waals surface area contributed by atoms with E-state index in [1.807, 2.05) is 0 Å². The van der Waals surface area contributed by atoms with Gasteiger partial charge in [0.15, 0.2) is 0 Å². The second-order valence-corrected chi connectivity index (χ2v) is 6.06.